The Morgan fingerprint density at radius 1 is 0.789 bits per heavy atom. The first-order chi connectivity index (χ1) is 9.34. The molecule has 1 heterocycles. The van der Waals surface area contributed by atoms with Crippen molar-refractivity contribution in [3.05, 3.63) is 77.9 Å². The van der Waals surface area contributed by atoms with Gasteiger partial charge in [-0.3, -0.25) is 0 Å². The van der Waals surface area contributed by atoms with E-state index in [2.05, 4.69) is 11.2 Å². The second-order valence-corrected chi connectivity index (χ2v) is 4.62. The number of benzene rings is 2. The largest absolute Gasteiger partial charge is 0.245 e. The minimum absolute atomic E-state index is 0.667. The van der Waals surface area contributed by atoms with Crippen molar-refractivity contribution >= 4 is 11.6 Å². The fourth-order valence-electron chi connectivity index (χ4n) is 1.96. The minimum Gasteiger partial charge on any atom is -0.245 e. The summed E-state index contributed by atoms with van der Waals surface area (Å²) < 4.78 is 0. The summed E-state index contributed by atoms with van der Waals surface area (Å²) >= 11 is 6.34. The summed E-state index contributed by atoms with van der Waals surface area (Å²) in [6, 6.07) is 21.8. The molecular formula is C17H11ClN. The van der Waals surface area contributed by atoms with Crippen LogP contribution >= 0.6 is 11.6 Å². The lowest BCUT2D eigenvalue weighted by atomic mass is 10.1. The van der Waals surface area contributed by atoms with E-state index in [-0.39, 0.29) is 0 Å². The zero-order valence-electron chi connectivity index (χ0n) is 10.2. The molecule has 1 nitrogen and oxygen atoms in total. The molecule has 0 bridgehead atoms. The predicted octanol–water partition coefficient (Wildman–Crippen LogP) is 4.87. The molecule has 91 valence electrons. The van der Waals surface area contributed by atoms with Crippen LogP contribution in [0.1, 0.15) is 0 Å². The Kier molecular flexibility index (Phi) is 3.30. The Labute approximate surface area is 117 Å². The first-order valence-corrected chi connectivity index (χ1v) is 6.41. The third-order valence-electron chi connectivity index (χ3n) is 2.92. The molecule has 0 spiro atoms. The summed E-state index contributed by atoms with van der Waals surface area (Å²) in [6.07, 6.45) is 3.04. The van der Waals surface area contributed by atoms with Crippen LogP contribution in [0.15, 0.2) is 66.7 Å². The molecular weight excluding hydrogens is 254 g/mol. The summed E-state index contributed by atoms with van der Waals surface area (Å²) in [5.74, 6) is 0. The van der Waals surface area contributed by atoms with Crippen molar-refractivity contribution < 1.29 is 0 Å². The van der Waals surface area contributed by atoms with Gasteiger partial charge in [-0.2, -0.15) is 0 Å². The topological polar surface area (TPSA) is 12.9 Å². The van der Waals surface area contributed by atoms with Gasteiger partial charge in [0.2, 0.25) is 0 Å². The van der Waals surface area contributed by atoms with Crippen molar-refractivity contribution in [3.8, 4) is 22.4 Å². The van der Waals surface area contributed by atoms with Gasteiger partial charge >= 0.3 is 0 Å². The highest BCUT2D eigenvalue weighted by Gasteiger charge is 2.07. The van der Waals surface area contributed by atoms with Gasteiger partial charge in [0.15, 0.2) is 0 Å². The lowest BCUT2D eigenvalue weighted by Gasteiger charge is -2.06. The van der Waals surface area contributed by atoms with Gasteiger partial charge in [0.1, 0.15) is 0 Å². The van der Waals surface area contributed by atoms with Gasteiger partial charge in [0, 0.05) is 11.1 Å². The van der Waals surface area contributed by atoms with Crippen molar-refractivity contribution in [3.63, 3.8) is 0 Å². The van der Waals surface area contributed by atoms with E-state index in [0.717, 1.165) is 22.4 Å². The molecule has 19 heavy (non-hydrogen) atoms. The average molecular weight is 265 g/mol. The van der Waals surface area contributed by atoms with Gasteiger partial charge < -0.3 is 0 Å². The predicted molar refractivity (Wildman–Crippen MR) is 79.0 cm³/mol. The normalized spacial score (nSPS) is 10.4. The number of aromatic nitrogens is 1. The molecule has 0 aliphatic heterocycles. The maximum Gasteiger partial charge on any atom is 0.0994 e. The first-order valence-electron chi connectivity index (χ1n) is 6.03. The summed E-state index contributed by atoms with van der Waals surface area (Å²) in [4.78, 5) is 4.38. The third kappa shape index (κ3) is 2.51. The quantitative estimate of drug-likeness (QED) is 0.643. The fourth-order valence-corrected chi connectivity index (χ4v) is 2.21. The Morgan fingerprint density at radius 2 is 1.37 bits per heavy atom. The number of hydrogen-bond donors (Lipinski definition) is 0. The Hall–Kier alpha value is -2.12. The molecule has 0 aliphatic rings. The molecule has 0 atom stereocenters. The van der Waals surface area contributed by atoms with Gasteiger partial charge in [-0.15, -0.1) is 0 Å². The number of pyridine rings is 1. The Bertz CT molecular complexity index is 678. The zero-order chi connectivity index (χ0) is 13.1. The molecule has 2 heteroatoms. The van der Waals surface area contributed by atoms with Gasteiger partial charge in [-0.1, -0.05) is 72.3 Å². The summed E-state index contributed by atoms with van der Waals surface area (Å²) in [5.41, 5.74) is 3.74. The molecule has 1 radical (unpaired) electrons. The van der Waals surface area contributed by atoms with Crippen LogP contribution in [0.25, 0.3) is 22.4 Å². The maximum atomic E-state index is 6.34. The van der Waals surface area contributed by atoms with Gasteiger partial charge in [-0.05, 0) is 11.6 Å². The monoisotopic (exact) mass is 264 g/mol. The SMILES string of the molecule is Clc1cc(-c2ccccc2)n[c]c1-c1ccccc1. The molecule has 2 aromatic carbocycles. The van der Waals surface area contributed by atoms with Crippen molar-refractivity contribution in [1.29, 1.82) is 0 Å². The molecule has 1 aromatic heterocycles. The number of halogens is 1. The van der Waals surface area contributed by atoms with E-state index >= 15 is 0 Å². The van der Waals surface area contributed by atoms with Crippen LogP contribution in [0.3, 0.4) is 0 Å². The third-order valence-corrected chi connectivity index (χ3v) is 3.22. The number of nitrogens with zero attached hydrogens (tertiary/aromatic N) is 1. The smallest absolute Gasteiger partial charge is 0.0994 e. The van der Waals surface area contributed by atoms with Crippen molar-refractivity contribution in [2.75, 3.05) is 0 Å². The van der Waals surface area contributed by atoms with Crippen LogP contribution in [0, 0.1) is 6.20 Å². The van der Waals surface area contributed by atoms with E-state index in [1.165, 1.54) is 0 Å². The first kappa shape index (κ1) is 11.9. The van der Waals surface area contributed by atoms with Crippen LogP contribution in [0.5, 0.6) is 0 Å². The van der Waals surface area contributed by atoms with Crippen molar-refractivity contribution in [2.45, 2.75) is 0 Å². The molecule has 0 amide bonds. The molecule has 0 saturated carbocycles. The highest BCUT2D eigenvalue weighted by atomic mass is 35.5. The van der Waals surface area contributed by atoms with Gasteiger partial charge in [-0.25, -0.2) is 4.98 Å². The molecule has 0 saturated heterocycles. The van der Waals surface area contributed by atoms with E-state index in [0.29, 0.717) is 5.02 Å². The van der Waals surface area contributed by atoms with Crippen molar-refractivity contribution in [2.24, 2.45) is 0 Å². The zero-order valence-corrected chi connectivity index (χ0v) is 10.9. The van der Waals surface area contributed by atoms with Crippen LogP contribution < -0.4 is 0 Å². The van der Waals surface area contributed by atoms with E-state index < -0.39 is 0 Å². The maximum absolute atomic E-state index is 6.34. The second kappa shape index (κ2) is 5.25. The summed E-state index contributed by atoms with van der Waals surface area (Å²) in [6.45, 7) is 0. The van der Waals surface area contributed by atoms with E-state index in [9.17, 15) is 0 Å². The van der Waals surface area contributed by atoms with E-state index in [1.54, 1.807) is 0 Å². The number of hydrogen-bond acceptors (Lipinski definition) is 1. The van der Waals surface area contributed by atoms with Crippen LogP contribution in [-0.4, -0.2) is 4.98 Å². The Balaban J connectivity index is 2.04. The summed E-state index contributed by atoms with van der Waals surface area (Å²) in [7, 11) is 0. The molecule has 3 aromatic rings. The fraction of sp³-hybridized carbons (Fsp3) is 0. The Morgan fingerprint density at radius 3 is 1.95 bits per heavy atom. The summed E-state index contributed by atoms with van der Waals surface area (Å²) in [5, 5.41) is 0.667. The van der Waals surface area contributed by atoms with Gasteiger partial charge in [0.05, 0.1) is 16.9 Å². The van der Waals surface area contributed by atoms with E-state index in [1.807, 2.05) is 66.7 Å². The standard InChI is InChI=1S/C17H11ClN/c18-16-11-17(14-9-5-2-6-10-14)19-12-15(16)13-7-3-1-4-8-13/h1-11H. The van der Waals surface area contributed by atoms with E-state index in [4.69, 9.17) is 11.6 Å². The van der Waals surface area contributed by atoms with Crippen LogP contribution in [0.4, 0.5) is 0 Å². The minimum atomic E-state index is 0.667. The number of rotatable bonds is 2. The average Bonchev–Trinajstić information content (AvgIpc) is 2.49. The second-order valence-electron chi connectivity index (χ2n) is 4.21. The molecule has 0 unspecified atom stereocenters. The van der Waals surface area contributed by atoms with Gasteiger partial charge in [0.25, 0.3) is 0 Å². The van der Waals surface area contributed by atoms with Crippen LogP contribution in [-0.2, 0) is 0 Å². The highest BCUT2D eigenvalue weighted by Crippen LogP contribution is 2.29. The molecule has 0 fully saturated rings. The molecule has 3 rings (SSSR count). The van der Waals surface area contributed by atoms with Crippen molar-refractivity contribution in [1.82, 2.24) is 4.98 Å². The lowest BCUT2D eigenvalue weighted by Crippen LogP contribution is -1.87. The lowest BCUT2D eigenvalue weighted by molar-refractivity contribution is 1.31. The highest BCUT2D eigenvalue weighted by molar-refractivity contribution is 6.33. The molecule has 0 aliphatic carbocycles. The molecule has 0 N–H and O–H groups in total. The van der Waals surface area contributed by atoms with Crippen LogP contribution in [0.2, 0.25) is 5.02 Å².